The summed E-state index contributed by atoms with van der Waals surface area (Å²) in [6.07, 6.45) is 12.1. The lowest BCUT2D eigenvalue weighted by atomic mass is 9.88. The van der Waals surface area contributed by atoms with Crippen molar-refractivity contribution in [1.82, 2.24) is 0 Å². The molecule has 2 heterocycles. The number of aryl methyl sites for hydroxylation is 1. The van der Waals surface area contributed by atoms with Crippen molar-refractivity contribution in [3.8, 4) is 5.75 Å². The fourth-order valence-corrected chi connectivity index (χ4v) is 3.17. The Morgan fingerprint density at radius 2 is 1.21 bits per heavy atom. The molecule has 1 aromatic carbocycles. The van der Waals surface area contributed by atoms with Gasteiger partial charge < -0.3 is 29.1 Å². The quantitative estimate of drug-likeness (QED) is 0.299. The zero-order chi connectivity index (χ0) is 23.5. The molecule has 0 saturated heterocycles. The van der Waals surface area contributed by atoms with Gasteiger partial charge in [-0.15, -0.1) is 0 Å². The molecule has 33 heavy (non-hydrogen) atoms. The number of halogens is 1. The normalized spacial score (nSPS) is 12.3. The van der Waals surface area contributed by atoms with Crippen LogP contribution in [0.1, 0.15) is 75.3 Å². The number of rotatable bonds is 4. The summed E-state index contributed by atoms with van der Waals surface area (Å²) in [5.41, 5.74) is 3.85. The summed E-state index contributed by atoms with van der Waals surface area (Å²) in [7, 11) is 1.99. The average Bonchev–Trinajstić information content (AvgIpc) is 2.72. The largest absolute Gasteiger partial charge is 1.00 e. The lowest BCUT2D eigenvalue weighted by Gasteiger charge is -2.14. The zero-order valence-corrected chi connectivity index (χ0v) is 22.8. The molecule has 0 aliphatic heterocycles. The van der Waals surface area contributed by atoms with E-state index in [0.29, 0.717) is 0 Å². The molecular formula is C29H35INO2+. The Morgan fingerprint density at radius 1 is 0.697 bits per heavy atom. The number of aromatic nitrogens is 1. The average molecular weight is 557 g/mol. The van der Waals surface area contributed by atoms with Crippen molar-refractivity contribution >= 4 is 24.3 Å². The van der Waals surface area contributed by atoms with Gasteiger partial charge in [0, 0.05) is 29.8 Å². The summed E-state index contributed by atoms with van der Waals surface area (Å²) < 4.78 is 8.23. The van der Waals surface area contributed by atoms with E-state index in [4.69, 9.17) is 4.42 Å². The number of aromatic hydroxyl groups is 1. The van der Waals surface area contributed by atoms with E-state index in [0.717, 1.165) is 33.8 Å². The van der Waals surface area contributed by atoms with Crippen molar-refractivity contribution in [1.29, 1.82) is 0 Å². The lowest BCUT2D eigenvalue weighted by Crippen LogP contribution is -3.00. The number of phenolic OH excluding ortho intramolecular Hbond substituents is 1. The van der Waals surface area contributed by atoms with Crippen molar-refractivity contribution in [2.75, 3.05) is 0 Å². The fraction of sp³-hybridized carbons (Fsp3) is 0.310. The SMILES string of the molecule is C[n+]1ccc(/C=C/c2cc(/C=C/c3cc(C(C)(C)C)[o+]c(C(C)(C)C)c3)ccc2O)cc1.[I-]. The van der Waals surface area contributed by atoms with Gasteiger partial charge >= 0.3 is 11.5 Å². The molecule has 174 valence electrons. The van der Waals surface area contributed by atoms with Crippen LogP contribution in [0.25, 0.3) is 24.3 Å². The fourth-order valence-electron chi connectivity index (χ4n) is 3.17. The van der Waals surface area contributed by atoms with Crippen molar-refractivity contribution in [3.05, 3.63) is 88.6 Å². The number of hydrogen-bond acceptors (Lipinski definition) is 1. The Bertz CT molecular complexity index is 1120. The Hall–Kier alpha value is -2.47. The molecule has 0 saturated carbocycles. The van der Waals surface area contributed by atoms with Crippen LogP contribution in [0.3, 0.4) is 0 Å². The first-order valence-corrected chi connectivity index (χ1v) is 11.1. The second-order valence-corrected chi connectivity index (χ2v) is 10.4. The third-order valence-corrected chi connectivity index (χ3v) is 5.27. The first-order chi connectivity index (χ1) is 14.9. The van der Waals surface area contributed by atoms with E-state index in [9.17, 15) is 5.11 Å². The zero-order valence-electron chi connectivity index (χ0n) is 20.7. The Kier molecular flexibility index (Phi) is 8.63. The van der Waals surface area contributed by atoms with Crippen LogP contribution in [0.5, 0.6) is 5.75 Å². The summed E-state index contributed by atoms with van der Waals surface area (Å²) in [6.45, 7) is 13.0. The van der Waals surface area contributed by atoms with E-state index in [-0.39, 0.29) is 40.6 Å². The number of pyridine rings is 1. The van der Waals surface area contributed by atoms with E-state index in [1.165, 1.54) is 0 Å². The number of nitrogens with zero attached hydrogens (tertiary/aromatic N) is 1. The predicted molar refractivity (Wildman–Crippen MR) is 134 cm³/mol. The van der Waals surface area contributed by atoms with Crippen LogP contribution in [0.4, 0.5) is 0 Å². The van der Waals surface area contributed by atoms with Gasteiger partial charge in [-0.3, -0.25) is 0 Å². The van der Waals surface area contributed by atoms with E-state index in [2.05, 4.69) is 65.8 Å². The van der Waals surface area contributed by atoms with Gasteiger partial charge in [-0.2, -0.15) is 0 Å². The van der Waals surface area contributed by atoms with Crippen molar-refractivity contribution in [2.45, 2.75) is 52.4 Å². The molecule has 0 amide bonds. The summed E-state index contributed by atoms with van der Waals surface area (Å²) in [4.78, 5) is 0. The van der Waals surface area contributed by atoms with Gasteiger partial charge in [0.25, 0.3) is 0 Å². The molecule has 0 unspecified atom stereocenters. The first-order valence-electron chi connectivity index (χ1n) is 11.1. The molecule has 0 atom stereocenters. The van der Waals surface area contributed by atoms with Crippen molar-refractivity contribution in [2.24, 2.45) is 7.05 Å². The van der Waals surface area contributed by atoms with Gasteiger partial charge in [0.1, 0.15) is 12.8 Å². The Labute approximate surface area is 215 Å². The molecular weight excluding hydrogens is 521 g/mol. The van der Waals surface area contributed by atoms with Crippen LogP contribution in [0.15, 0.2) is 59.3 Å². The lowest BCUT2D eigenvalue weighted by molar-refractivity contribution is -0.671. The molecule has 0 fully saturated rings. The second kappa shape index (κ2) is 10.6. The summed E-state index contributed by atoms with van der Waals surface area (Å²) in [6, 6.07) is 14.0. The van der Waals surface area contributed by atoms with Crippen LogP contribution in [-0.4, -0.2) is 5.11 Å². The Morgan fingerprint density at radius 3 is 1.76 bits per heavy atom. The molecule has 2 aromatic heterocycles. The maximum atomic E-state index is 10.3. The minimum absolute atomic E-state index is 0. The van der Waals surface area contributed by atoms with Gasteiger partial charge in [-0.05, 0) is 70.4 Å². The molecule has 1 N–H and O–H groups in total. The minimum Gasteiger partial charge on any atom is -1.00 e. The van der Waals surface area contributed by atoms with Gasteiger partial charge in [0.15, 0.2) is 12.4 Å². The van der Waals surface area contributed by atoms with Crippen molar-refractivity contribution in [3.63, 3.8) is 0 Å². The first kappa shape index (κ1) is 26.8. The van der Waals surface area contributed by atoms with Crippen LogP contribution in [-0.2, 0) is 17.9 Å². The van der Waals surface area contributed by atoms with E-state index >= 15 is 0 Å². The third-order valence-electron chi connectivity index (χ3n) is 5.27. The summed E-state index contributed by atoms with van der Waals surface area (Å²) >= 11 is 0. The molecule has 3 nitrogen and oxygen atoms in total. The topological polar surface area (TPSA) is 35.4 Å². The maximum absolute atomic E-state index is 10.3. The van der Waals surface area contributed by atoms with Crippen LogP contribution >= 0.6 is 0 Å². The third kappa shape index (κ3) is 7.53. The number of phenols is 1. The monoisotopic (exact) mass is 556 g/mol. The van der Waals surface area contributed by atoms with Crippen LogP contribution < -0.4 is 28.5 Å². The molecule has 0 bridgehead atoms. The van der Waals surface area contributed by atoms with Gasteiger partial charge in [-0.25, -0.2) is 8.98 Å². The molecule has 4 heteroatoms. The molecule has 0 aliphatic rings. The Balaban J connectivity index is 0.00000385. The molecule has 0 radical (unpaired) electrons. The summed E-state index contributed by atoms with van der Waals surface area (Å²) in [5.74, 6) is 2.20. The van der Waals surface area contributed by atoms with Crippen LogP contribution in [0.2, 0.25) is 0 Å². The highest BCUT2D eigenvalue weighted by molar-refractivity contribution is 5.76. The van der Waals surface area contributed by atoms with Gasteiger partial charge in [0.2, 0.25) is 0 Å². The minimum atomic E-state index is -0.0746. The highest BCUT2D eigenvalue weighted by Gasteiger charge is 2.33. The standard InChI is InChI=1S/C29H34NO2.HI/c1-28(2,3)26-19-23(20-27(32-26)29(4,5)6)9-8-22-11-13-25(31)24(18-22)12-10-21-14-16-30(7)17-15-21;/h8-20H,1-7H3;1H/q+1;/b9-8+;. The van der Waals surface area contributed by atoms with E-state index in [1.54, 1.807) is 6.07 Å². The maximum Gasteiger partial charge on any atom is 0.335 e. The molecule has 3 rings (SSSR count). The molecule has 0 aliphatic carbocycles. The number of benzene rings is 1. The summed E-state index contributed by atoms with van der Waals surface area (Å²) in [5, 5.41) is 10.3. The number of hydrogen-bond donors (Lipinski definition) is 1. The second-order valence-electron chi connectivity index (χ2n) is 10.4. The van der Waals surface area contributed by atoms with E-state index < -0.39 is 0 Å². The van der Waals surface area contributed by atoms with Gasteiger partial charge in [0.05, 0.1) is 10.8 Å². The van der Waals surface area contributed by atoms with Crippen molar-refractivity contribution < 1.29 is 38.1 Å². The van der Waals surface area contributed by atoms with Crippen LogP contribution in [0, 0.1) is 0 Å². The van der Waals surface area contributed by atoms with E-state index in [1.807, 2.05) is 60.4 Å². The molecule has 0 spiro atoms. The smallest absolute Gasteiger partial charge is 0.335 e. The predicted octanol–water partition coefficient (Wildman–Crippen LogP) is 4.03. The molecule has 3 aromatic rings. The van der Waals surface area contributed by atoms with Gasteiger partial charge in [-0.1, -0.05) is 30.4 Å². The highest BCUT2D eigenvalue weighted by Crippen LogP contribution is 2.31. The highest BCUT2D eigenvalue weighted by atomic mass is 127.